The van der Waals surface area contributed by atoms with E-state index in [1.165, 1.54) is 13.2 Å². The van der Waals surface area contributed by atoms with Gasteiger partial charge in [-0.05, 0) is 34.1 Å². The molecule has 2 heterocycles. The lowest BCUT2D eigenvalue weighted by Crippen LogP contribution is -2.25. The summed E-state index contributed by atoms with van der Waals surface area (Å²) in [5.41, 5.74) is 1.61. The number of pyridine rings is 1. The first kappa shape index (κ1) is 14.6. The largest absolute Gasteiger partial charge is 0.495 e. The van der Waals surface area contributed by atoms with Gasteiger partial charge in [-0.2, -0.15) is 0 Å². The molecule has 1 aromatic heterocycles. The normalized spacial score (nSPS) is 13.2. The number of ether oxygens (including phenoxy) is 2. The summed E-state index contributed by atoms with van der Waals surface area (Å²) < 4.78 is 11.3. The minimum absolute atomic E-state index is 0.161. The zero-order valence-corrected chi connectivity index (χ0v) is 13.6. The van der Waals surface area contributed by atoms with E-state index >= 15 is 0 Å². The third-order valence-corrected chi connectivity index (χ3v) is 4.19. The smallest absolute Gasteiger partial charge is 0.259 e. The topological polar surface area (TPSA) is 71.6 Å². The Labute approximate surface area is 134 Å². The van der Waals surface area contributed by atoms with Crippen molar-refractivity contribution < 1.29 is 14.3 Å². The van der Waals surface area contributed by atoms with Gasteiger partial charge >= 0.3 is 0 Å². The summed E-state index contributed by atoms with van der Waals surface area (Å²) in [5.74, 6) is 0.731. The van der Waals surface area contributed by atoms with Crippen LogP contribution in [0.15, 0.2) is 33.5 Å². The molecule has 1 N–H and O–H groups in total. The number of methoxy groups -OCH3 is 2. The molecule has 0 atom stereocenters. The van der Waals surface area contributed by atoms with Gasteiger partial charge in [-0.25, -0.2) is 0 Å². The van der Waals surface area contributed by atoms with Gasteiger partial charge in [-0.3, -0.25) is 19.5 Å². The second-order valence-corrected chi connectivity index (χ2v) is 5.59. The van der Waals surface area contributed by atoms with Gasteiger partial charge in [-0.15, -0.1) is 0 Å². The molecule has 1 aliphatic rings. The number of hydrogen-bond donors (Lipinski definition) is 1. The molecule has 0 saturated heterocycles. The molecule has 1 aromatic carbocycles. The zero-order chi connectivity index (χ0) is 15.9. The van der Waals surface area contributed by atoms with E-state index in [4.69, 9.17) is 9.47 Å². The van der Waals surface area contributed by atoms with Gasteiger partial charge in [0.25, 0.3) is 11.5 Å². The highest BCUT2D eigenvalue weighted by Crippen LogP contribution is 2.39. The SMILES string of the molecule is COc1[nH]c(=O)ccc1N1Cc2c(ccc(Br)c2OC)C1=O. The molecule has 0 fully saturated rings. The Morgan fingerprint density at radius 1 is 1.14 bits per heavy atom. The first-order valence-corrected chi connectivity index (χ1v) is 7.30. The summed E-state index contributed by atoms with van der Waals surface area (Å²) in [5, 5.41) is 0. The first-order chi connectivity index (χ1) is 10.6. The van der Waals surface area contributed by atoms with Crippen molar-refractivity contribution in [1.82, 2.24) is 4.98 Å². The van der Waals surface area contributed by atoms with Crippen LogP contribution in [0.2, 0.25) is 0 Å². The van der Waals surface area contributed by atoms with Crippen molar-refractivity contribution in [2.24, 2.45) is 0 Å². The molecule has 0 bridgehead atoms. The number of H-pyrrole nitrogens is 1. The molecule has 1 aliphatic heterocycles. The number of carbonyl (C=O) groups is 1. The van der Waals surface area contributed by atoms with Crippen molar-refractivity contribution in [3.8, 4) is 11.6 Å². The fourth-order valence-corrected chi connectivity index (χ4v) is 3.10. The van der Waals surface area contributed by atoms with Gasteiger partial charge < -0.3 is 9.47 Å². The number of fused-ring (bicyclic) bond motifs is 1. The summed E-state index contributed by atoms with van der Waals surface area (Å²) in [6.07, 6.45) is 0. The maximum atomic E-state index is 12.6. The van der Waals surface area contributed by atoms with E-state index in [9.17, 15) is 9.59 Å². The summed E-state index contributed by atoms with van der Waals surface area (Å²) in [6.45, 7) is 0.346. The molecule has 0 aliphatic carbocycles. The number of benzene rings is 1. The third kappa shape index (κ3) is 2.18. The summed E-state index contributed by atoms with van der Waals surface area (Å²) in [7, 11) is 3.01. The monoisotopic (exact) mass is 364 g/mol. The standard InChI is InChI=1S/C15H13BrN2O4/c1-21-13-9-7-18(15(20)8(9)3-4-10(13)16)11-5-6-12(19)17-14(11)22-2/h3-6H,7H2,1-2H3,(H,17,19). The van der Waals surface area contributed by atoms with Crippen LogP contribution in [0.25, 0.3) is 0 Å². The van der Waals surface area contributed by atoms with E-state index < -0.39 is 0 Å². The number of nitrogens with zero attached hydrogens (tertiary/aromatic N) is 1. The van der Waals surface area contributed by atoms with Crippen LogP contribution in [0.3, 0.4) is 0 Å². The second-order valence-electron chi connectivity index (χ2n) is 4.74. The van der Waals surface area contributed by atoms with Crippen LogP contribution in [0, 0.1) is 0 Å². The number of hydrogen-bond acceptors (Lipinski definition) is 4. The Morgan fingerprint density at radius 3 is 2.59 bits per heavy atom. The molecule has 0 radical (unpaired) electrons. The molecular formula is C15H13BrN2O4. The highest BCUT2D eigenvalue weighted by atomic mass is 79.9. The van der Waals surface area contributed by atoms with Gasteiger partial charge in [0.2, 0.25) is 5.88 Å². The van der Waals surface area contributed by atoms with Crippen molar-refractivity contribution in [2.45, 2.75) is 6.54 Å². The van der Waals surface area contributed by atoms with Crippen molar-refractivity contribution in [1.29, 1.82) is 0 Å². The van der Waals surface area contributed by atoms with Crippen LogP contribution in [0.1, 0.15) is 15.9 Å². The Morgan fingerprint density at radius 2 is 1.91 bits per heavy atom. The lowest BCUT2D eigenvalue weighted by atomic mass is 10.1. The van der Waals surface area contributed by atoms with Crippen molar-refractivity contribution in [2.75, 3.05) is 19.1 Å². The molecule has 6 nitrogen and oxygen atoms in total. The molecule has 0 saturated carbocycles. The molecule has 3 rings (SSSR count). The summed E-state index contributed by atoms with van der Waals surface area (Å²) in [6, 6.07) is 6.47. The number of anilines is 1. The number of amides is 1. The summed E-state index contributed by atoms with van der Waals surface area (Å²) >= 11 is 3.42. The van der Waals surface area contributed by atoms with Crippen molar-refractivity contribution >= 4 is 27.5 Å². The zero-order valence-electron chi connectivity index (χ0n) is 12.0. The average molecular weight is 365 g/mol. The first-order valence-electron chi connectivity index (χ1n) is 6.51. The number of rotatable bonds is 3. The van der Waals surface area contributed by atoms with Crippen LogP contribution in [0.5, 0.6) is 11.6 Å². The van der Waals surface area contributed by atoms with Crippen LogP contribution in [0.4, 0.5) is 5.69 Å². The Hall–Kier alpha value is -2.28. The van der Waals surface area contributed by atoms with E-state index in [0.717, 1.165) is 10.0 Å². The van der Waals surface area contributed by atoms with Crippen molar-refractivity contribution in [3.05, 3.63) is 50.2 Å². The van der Waals surface area contributed by atoms with E-state index in [1.807, 2.05) is 0 Å². The minimum atomic E-state index is -0.287. The molecular weight excluding hydrogens is 352 g/mol. The molecule has 0 spiro atoms. The number of halogens is 1. The quantitative estimate of drug-likeness (QED) is 0.906. The van der Waals surface area contributed by atoms with Gasteiger partial charge in [0.1, 0.15) is 11.4 Å². The second kappa shape index (κ2) is 5.49. The molecule has 7 heteroatoms. The Kier molecular flexibility index (Phi) is 3.66. The number of aromatic nitrogens is 1. The maximum Gasteiger partial charge on any atom is 0.259 e. The lowest BCUT2D eigenvalue weighted by molar-refractivity contribution is 0.0996. The molecule has 0 unspecified atom stereocenters. The molecule has 22 heavy (non-hydrogen) atoms. The van der Waals surface area contributed by atoms with Crippen LogP contribution in [-0.4, -0.2) is 25.1 Å². The van der Waals surface area contributed by atoms with Gasteiger partial charge in [0, 0.05) is 17.2 Å². The Bertz CT molecular complexity index is 816. The lowest BCUT2D eigenvalue weighted by Gasteiger charge is -2.18. The fraction of sp³-hybridized carbons (Fsp3) is 0.200. The van der Waals surface area contributed by atoms with Crippen LogP contribution < -0.4 is 19.9 Å². The number of carbonyl (C=O) groups excluding carboxylic acids is 1. The fourth-order valence-electron chi connectivity index (χ4n) is 2.56. The predicted molar refractivity (Wildman–Crippen MR) is 84.8 cm³/mol. The molecule has 1 amide bonds. The number of nitrogens with one attached hydrogen (secondary N) is 1. The van der Waals surface area contributed by atoms with Crippen LogP contribution in [-0.2, 0) is 6.54 Å². The average Bonchev–Trinajstić information content (AvgIpc) is 2.84. The predicted octanol–water partition coefficient (Wildman–Crippen LogP) is 2.32. The highest BCUT2D eigenvalue weighted by molar-refractivity contribution is 9.10. The van der Waals surface area contributed by atoms with E-state index in [2.05, 4.69) is 20.9 Å². The Balaban J connectivity index is 2.10. The summed E-state index contributed by atoms with van der Waals surface area (Å²) in [4.78, 5) is 28.2. The molecule has 2 aromatic rings. The minimum Gasteiger partial charge on any atom is -0.495 e. The van der Waals surface area contributed by atoms with Gasteiger partial charge in [-0.1, -0.05) is 0 Å². The van der Waals surface area contributed by atoms with E-state index in [-0.39, 0.29) is 17.3 Å². The van der Waals surface area contributed by atoms with Crippen LogP contribution >= 0.6 is 15.9 Å². The van der Waals surface area contributed by atoms with Crippen molar-refractivity contribution in [3.63, 3.8) is 0 Å². The van der Waals surface area contributed by atoms with Gasteiger partial charge in [0.05, 0.1) is 25.2 Å². The maximum absolute atomic E-state index is 12.6. The highest BCUT2D eigenvalue weighted by Gasteiger charge is 2.33. The molecule has 114 valence electrons. The third-order valence-electron chi connectivity index (χ3n) is 3.57. The van der Waals surface area contributed by atoms with Gasteiger partial charge in [0.15, 0.2) is 0 Å². The van der Waals surface area contributed by atoms with E-state index in [1.54, 1.807) is 30.2 Å². The van der Waals surface area contributed by atoms with E-state index in [0.29, 0.717) is 23.5 Å². The number of aromatic amines is 1.